The summed E-state index contributed by atoms with van der Waals surface area (Å²) in [5, 5.41) is 9.85. The Morgan fingerprint density at radius 1 is 1.28 bits per heavy atom. The minimum absolute atomic E-state index is 0.0128. The van der Waals surface area contributed by atoms with Crippen molar-refractivity contribution in [3.05, 3.63) is 41.8 Å². The molecule has 2 N–H and O–H groups in total. The van der Waals surface area contributed by atoms with Crippen molar-refractivity contribution in [1.82, 2.24) is 15.8 Å². The number of hydrogen-bond donors (Lipinski definition) is 2. The van der Waals surface area contributed by atoms with E-state index in [-0.39, 0.29) is 18.0 Å². The maximum atomic E-state index is 12.7. The molecule has 0 saturated carbocycles. The molecule has 0 radical (unpaired) electrons. The van der Waals surface area contributed by atoms with Gasteiger partial charge < -0.3 is 24.6 Å². The van der Waals surface area contributed by atoms with Gasteiger partial charge in [-0.1, -0.05) is 17.3 Å². The van der Waals surface area contributed by atoms with Crippen LogP contribution in [0.4, 0.5) is 8.78 Å². The van der Waals surface area contributed by atoms with Gasteiger partial charge in [0.1, 0.15) is 12.0 Å². The number of hydrogen-bond acceptors (Lipinski definition) is 5. The van der Waals surface area contributed by atoms with E-state index in [1.807, 2.05) is 0 Å². The summed E-state index contributed by atoms with van der Waals surface area (Å²) in [5.74, 6) is 0.763. The van der Waals surface area contributed by atoms with E-state index < -0.39 is 6.61 Å². The lowest BCUT2D eigenvalue weighted by atomic mass is 10.2. The number of para-hydroxylation sites is 1. The number of benzene rings is 1. The lowest BCUT2D eigenvalue weighted by molar-refractivity contribution is -0.0520. The molecule has 0 unspecified atom stereocenters. The molecule has 0 spiro atoms. The highest BCUT2D eigenvalue weighted by atomic mass is 19.3. The van der Waals surface area contributed by atoms with Crippen LogP contribution >= 0.6 is 0 Å². The zero-order valence-electron chi connectivity index (χ0n) is 14.0. The molecule has 136 valence electrons. The van der Waals surface area contributed by atoms with Crippen LogP contribution in [-0.4, -0.2) is 31.4 Å². The lowest BCUT2D eigenvalue weighted by Crippen LogP contribution is -2.36. The number of aliphatic imine (C=N–C) groups is 1. The summed E-state index contributed by atoms with van der Waals surface area (Å²) in [7, 11) is 1.60. The number of alkyl halides is 2. The Kier molecular flexibility index (Phi) is 7.00. The minimum atomic E-state index is -2.94. The number of guanidine groups is 1. The van der Waals surface area contributed by atoms with E-state index in [0.717, 1.165) is 0 Å². The first kappa shape index (κ1) is 18.5. The smallest absolute Gasteiger partial charge is 0.387 e. The average Bonchev–Trinajstić information content (AvgIpc) is 3.10. The van der Waals surface area contributed by atoms with Gasteiger partial charge in [-0.15, -0.1) is 0 Å². The van der Waals surface area contributed by atoms with Crippen molar-refractivity contribution >= 4 is 5.96 Å². The third-order valence-electron chi connectivity index (χ3n) is 3.17. The third-order valence-corrected chi connectivity index (χ3v) is 3.17. The maximum absolute atomic E-state index is 12.7. The molecular formula is C16H20F2N4O3. The van der Waals surface area contributed by atoms with E-state index in [4.69, 9.17) is 9.26 Å². The summed E-state index contributed by atoms with van der Waals surface area (Å²) in [5.41, 5.74) is 1.23. The largest absolute Gasteiger partial charge is 0.490 e. The first-order valence-corrected chi connectivity index (χ1v) is 7.67. The van der Waals surface area contributed by atoms with E-state index >= 15 is 0 Å². The Labute approximate surface area is 144 Å². The first-order chi connectivity index (χ1) is 12.1. The zero-order valence-corrected chi connectivity index (χ0v) is 14.0. The molecule has 1 aromatic carbocycles. The number of nitrogens with one attached hydrogen (secondary N) is 2. The van der Waals surface area contributed by atoms with Gasteiger partial charge in [0.2, 0.25) is 0 Å². The second-order valence-electron chi connectivity index (χ2n) is 4.83. The van der Waals surface area contributed by atoms with E-state index in [9.17, 15) is 8.78 Å². The van der Waals surface area contributed by atoms with Crippen LogP contribution in [0.5, 0.6) is 11.5 Å². The van der Waals surface area contributed by atoms with Gasteiger partial charge >= 0.3 is 6.61 Å². The number of halogens is 2. The molecule has 0 saturated heterocycles. The molecule has 0 atom stereocenters. The Balaban J connectivity index is 2.03. The van der Waals surface area contributed by atoms with Crippen LogP contribution in [0.2, 0.25) is 0 Å². The molecular weight excluding hydrogens is 334 g/mol. The summed E-state index contributed by atoms with van der Waals surface area (Å²) in [6.45, 7) is -0.189. The molecule has 9 heteroatoms. The number of aromatic nitrogens is 1. The zero-order chi connectivity index (χ0) is 18.1. The van der Waals surface area contributed by atoms with Crippen molar-refractivity contribution in [2.24, 2.45) is 4.99 Å². The van der Waals surface area contributed by atoms with Crippen molar-refractivity contribution in [3.8, 4) is 11.5 Å². The topological polar surface area (TPSA) is 80.9 Å². The second kappa shape index (κ2) is 9.45. The van der Waals surface area contributed by atoms with Crippen molar-refractivity contribution in [3.63, 3.8) is 0 Å². The Bertz CT molecular complexity index is 678. The van der Waals surface area contributed by atoms with Crippen LogP contribution in [0, 0.1) is 0 Å². The molecule has 7 nitrogen and oxygen atoms in total. The molecule has 0 fully saturated rings. The predicted molar refractivity (Wildman–Crippen MR) is 87.8 cm³/mol. The summed E-state index contributed by atoms with van der Waals surface area (Å²) in [6, 6.07) is 6.70. The predicted octanol–water partition coefficient (Wildman–Crippen LogP) is 2.54. The third kappa shape index (κ3) is 5.63. The average molecular weight is 354 g/mol. The molecule has 2 rings (SSSR count). The first-order valence-electron chi connectivity index (χ1n) is 7.67. The molecule has 2 aromatic rings. The van der Waals surface area contributed by atoms with Gasteiger partial charge in [0, 0.05) is 25.2 Å². The lowest BCUT2D eigenvalue weighted by Gasteiger charge is -2.17. The molecule has 1 heterocycles. The van der Waals surface area contributed by atoms with Gasteiger partial charge in [-0.2, -0.15) is 8.78 Å². The Morgan fingerprint density at radius 2 is 2.08 bits per heavy atom. The maximum Gasteiger partial charge on any atom is 0.387 e. The van der Waals surface area contributed by atoms with Gasteiger partial charge in [0.15, 0.2) is 17.5 Å². The minimum Gasteiger partial charge on any atom is -0.490 e. The van der Waals surface area contributed by atoms with Crippen molar-refractivity contribution in [2.45, 2.75) is 26.6 Å². The molecule has 1 aromatic heterocycles. The van der Waals surface area contributed by atoms with Crippen molar-refractivity contribution < 1.29 is 22.8 Å². The van der Waals surface area contributed by atoms with Crippen LogP contribution < -0.4 is 20.1 Å². The SMILES string of the molecule is CCOc1cccc(CNC(=NC)NCc2ccon2)c1OC(F)F. The highest BCUT2D eigenvalue weighted by molar-refractivity contribution is 5.79. The van der Waals surface area contributed by atoms with Crippen LogP contribution in [-0.2, 0) is 13.1 Å². The van der Waals surface area contributed by atoms with E-state index in [1.54, 1.807) is 38.2 Å². The normalized spacial score (nSPS) is 11.5. The molecule has 25 heavy (non-hydrogen) atoms. The summed E-state index contributed by atoms with van der Waals surface area (Å²) in [6.07, 6.45) is 1.47. The highest BCUT2D eigenvalue weighted by Crippen LogP contribution is 2.32. The van der Waals surface area contributed by atoms with E-state index in [1.165, 1.54) is 6.26 Å². The fourth-order valence-corrected chi connectivity index (χ4v) is 2.10. The van der Waals surface area contributed by atoms with Crippen molar-refractivity contribution in [1.29, 1.82) is 0 Å². The van der Waals surface area contributed by atoms with Gasteiger partial charge in [0.05, 0.1) is 13.2 Å². The Morgan fingerprint density at radius 3 is 2.72 bits per heavy atom. The standard InChI is InChI=1S/C16H20F2N4O3/c1-3-23-13-6-4-5-11(14(13)25-15(17)18)9-20-16(19-2)21-10-12-7-8-24-22-12/h4-8,15H,3,9-10H2,1-2H3,(H2,19,20,21). The summed E-state index contributed by atoms with van der Waals surface area (Å²) < 4.78 is 40.2. The number of rotatable bonds is 8. The van der Waals surface area contributed by atoms with Gasteiger partial charge in [0.25, 0.3) is 0 Å². The molecule has 0 aliphatic rings. The second-order valence-corrected chi connectivity index (χ2v) is 4.83. The molecule has 0 amide bonds. The summed E-state index contributed by atoms with van der Waals surface area (Å²) in [4.78, 5) is 4.07. The van der Waals surface area contributed by atoms with Gasteiger partial charge in [-0.25, -0.2) is 0 Å². The fraction of sp³-hybridized carbons (Fsp3) is 0.375. The van der Waals surface area contributed by atoms with Crippen LogP contribution in [0.15, 0.2) is 40.0 Å². The van der Waals surface area contributed by atoms with Crippen LogP contribution in [0.25, 0.3) is 0 Å². The fourth-order valence-electron chi connectivity index (χ4n) is 2.10. The van der Waals surface area contributed by atoms with Crippen LogP contribution in [0.1, 0.15) is 18.2 Å². The van der Waals surface area contributed by atoms with E-state index in [0.29, 0.717) is 30.4 Å². The van der Waals surface area contributed by atoms with Gasteiger partial charge in [-0.3, -0.25) is 4.99 Å². The van der Waals surface area contributed by atoms with E-state index in [2.05, 4.69) is 25.5 Å². The summed E-state index contributed by atoms with van der Waals surface area (Å²) >= 11 is 0. The molecule has 0 aliphatic carbocycles. The Hall–Kier alpha value is -2.84. The molecule has 0 aliphatic heterocycles. The monoisotopic (exact) mass is 354 g/mol. The number of ether oxygens (including phenoxy) is 2. The van der Waals surface area contributed by atoms with Crippen molar-refractivity contribution in [2.75, 3.05) is 13.7 Å². The quantitative estimate of drug-likeness (QED) is 0.560. The highest BCUT2D eigenvalue weighted by Gasteiger charge is 2.16. The van der Waals surface area contributed by atoms with Gasteiger partial charge in [-0.05, 0) is 13.0 Å². The number of nitrogens with zero attached hydrogens (tertiary/aromatic N) is 2. The molecule has 0 bridgehead atoms. The van der Waals surface area contributed by atoms with Crippen LogP contribution in [0.3, 0.4) is 0 Å².